The number of aromatic nitrogens is 4. The van der Waals surface area contributed by atoms with E-state index in [-0.39, 0.29) is 17.7 Å². The van der Waals surface area contributed by atoms with Gasteiger partial charge in [-0.05, 0) is 11.5 Å². The fraction of sp³-hybridized carbons (Fsp3) is 0.562. The maximum Gasteiger partial charge on any atom is 0.230 e. The monoisotopic (exact) mass is 316 g/mol. The average molecular weight is 316 g/mol. The van der Waals surface area contributed by atoms with E-state index in [1.165, 1.54) is 0 Å². The van der Waals surface area contributed by atoms with Crippen LogP contribution in [0.25, 0.3) is 0 Å². The molecule has 3 heterocycles. The zero-order valence-corrected chi connectivity index (χ0v) is 13.9. The highest BCUT2D eigenvalue weighted by Gasteiger charge is 2.35. The fourth-order valence-corrected chi connectivity index (χ4v) is 3.09. The summed E-state index contributed by atoms with van der Waals surface area (Å²) >= 11 is 0. The van der Waals surface area contributed by atoms with Crippen molar-refractivity contribution < 1.29 is 4.79 Å². The van der Waals surface area contributed by atoms with Crippen LogP contribution in [-0.2, 0) is 18.4 Å². The standard InChI is InChI=1S/C16H24N6O/c1-11(2)9-22-15(4-5-18-22)20-16(23)14-8-17-7-13(14)12-6-19-21(3)10-12/h4-6,10-11,13-14,17H,7-9H2,1-3H3,(H,20,23)/t13-,14+/m1/s1. The van der Waals surface area contributed by atoms with Gasteiger partial charge in [-0.15, -0.1) is 0 Å². The Hall–Kier alpha value is -2.15. The number of rotatable bonds is 5. The Balaban J connectivity index is 1.71. The minimum absolute atomic E-state index is 0.0364. The van der Waals surface area contributed by atoms with Crippen LogP contribution in [-0.4, -0.2) is 38.6 Å². The Morgan fingerprint density at radius 1 is 1.43 bits per heavy atom. The Kier molecular flexibility index (Phi) is 4.47. The molecule has 7 nitrogen and oxygen atoms in total. The van der Waals surface area contributed by atoms with Gasteiger partial charge >= 0.3 is 0 Å². The summed E-state index contributed by atoms with van der Waals surface area (Å²) in [5, 5.41) is 14.9. The number of amides is 1. The summed E-state index contributed by atoms with van der Waals surface area (Å²) in [5.74, 6) is 1.34. The minimum Gasteiger partial charge on any atom is -0.315 e. The molecular weight excluding hydrogens is 292 g/mol. The van der Waals surface area contributed by atoms with E-state index in [1.807, 2.05) is 30.2 Å². The maximum absolute atomic E-state index is 12.7. The molecule has 3 rings (SSSR count). The molecule has 23 heavy (non-hydrogen) atoms. The average Bonchev–Trinajstić information content (AvgIpc) is 3.19. The zero-order chi connectivity index (χ0) is 16.4. The second-order valence-electron chi connectivity index (χ2n) is 6.60. The van der Waals surface area contributed by atoms with Crippen molar-refractivity contribution in [2.75, 3.05) is 18.4 Å². The lowest BCUT2D eigenvalue weighted by atomic mass is 9.90. The van der Waals surface area contributed by atoms with Crippen molar-refractivity contribution in [2.45, 2.75) is 26.3 Å². The highest BCUT2D eigenvalue weighted by atomic mass is 16.2. The molecule has 0 aromatic carbocycles. The number of nitrogens with one attached hydrogen (secondary N) is 2. The Morgan fingerprint density at radius 3 is 2.96 bits per heavy atom. The molecule has 1 fully saturated rings. The van der Waals surface area contributed by atoms with Gasteiger partial charge in [-0.25, -0.2) is 4.68 Å². The molecule has 0 aliphatic carbocycles. The van der Waals surface area contributed by atoms with Crippen molar-refractivity contribution in [3.05, 3.63) is 30.2 Å². The Labute approximate surface area is 136 Å². The predicted octanol–water partition coefficient (Wildman–Crippen LogP) is 1.21. The molecule has 2 aromatic rings. The lowest BCUT2D eigenvalue weighted by Crippen LogP contribution is -2.29. The summed E-state index contributed by atoms with van der Waals surface area (Å²) < 4.78 is 3.63. The molecular formula is C16H24N6O. The molecule has 1 aliphatic heterocycles. The van der Waals surface area contributed by atoms with Crippen LogP contribution in [0.1, 0.15) is 25.3 Å². The van der Waals surface area contributed by atoms with Gasteiger partial charge in [-0.1, -0.05) is 13.8 Å². The van der Waals surface area contributed by atoms with Crippen LogP contribution in [0, 0.1) is 11.8 Å². The number of aryl methyl sites for hydroxylation is 1. The zero-order valence-electron chi connectivity index (χ0n) is 13.9. The lowest BCUT2D eigenvalue weighted by Gasteiger charge is -2.18. The summed E-state index contributed by atoms with van der Waals surface area (Å²) in [6.07, 6.45) is 5.56. The lowest BCUT2D eigenvalue weighted by molar-refractivity contribution is -0.119. The Morgan fingerprint density at radius 2 is 2.26 bits per heavy atom. The first-order valence-corrected chi connectivity index (χ1v) is 8.06. The second-order valence-corrected chi connectivity index (χ2v) is 6.60. The summed E-state index contributed by atoms with van der Waals surface area (Å²) in [7, 11) is 1.89. The first-order chi connectivity index (χ1) is 11.0. The SMILES string of the molecule is CC(C)Cn1nccc1NC(=O)[C@H]1CNC[C@@H]1c1cnn(C)c1. The van der Waals surface area contributed by atoms with Crippen LogP contribution in [0.2, 0.25) is 0 Å². The van der Waals surface area contributed by atoms with Crippen molar-refractivity contribution in [1.82, 2.24) is 24.9 Å². The number of hydrogen-bond acceptors (Lipinski definition) is 4. The third-order valence-corrected chi connectivity index (χ3v) is 4.21. The van der Waals surface area contributed by atoms with Gasteiger partial charge < -0.3 is 10.6 Å². The van der Waals surface area contributed by atoms with Gasteiger partial charge in [0, 0.05) is 44.9 Å². The minimum atomic E-state index is -0.0957. The van der Waals surface area contributed by atoms with Crippen LogP contribution in [0.4, 0.5) is 5.82 Å². The third kappa shape index (κ3) is 3.44. The van der Waals surface area contributed by atoms with Crippen molar-refractivity contribution in [1.29, 1.82) is 0 Å². The molecule has 2 atom stereocenters. The summed E-state index contributed by atoms with van der Waals surface area (Å²) in [4.78, 5) is 12.7. The van der Waals surface area contributed by atoms with Crippen LogP contribution in [0.3, 0.4) is 0 Å². The largest absolute Gasteiger partial charge is 0.315 e. The normalized spacial score (nSPS) is 21.0. The molecule has 0 spiro atoms. The maximum atomic E-state index is 12.7. The smallest absolute Gasteiger partial charge is 0.230 e. The Bertz CT molecular complexity index is 674. The first kappa shape index (κ1) is 15.7. The van der Waals surface area contributed by atoms with E-state index in [1.54, 1.807) is 10.9 Å². The molecule has 0 radical (unpaired) electrons. The van der Waals surface area contributed by atoms with Gasteiger partial charge in [0.25, 0.3) is 0 Å². The van der Waals surface area contributed by atoms with Gasteiger partial charge in [-0.2, -0.15) is 10.2 Å². The van der Waals surface area contributed by atoms with E-state index in [4.69, 9.17) is 0 Å². The van der Waals surface area contributed by atoms with Crippen LogP contribution >= 0.6 is 0 Å². The fourth-order valence-electron chi connectivity index (χ4n) is 3.09. The highest BCUT2D eigenvalue weighted by molar-refractivity contribution is 5.92. The summed E-state index contributed by atoms with van der Waals surface area (Å²) in [6, 6.07) is 1.85. The van der Waals surface area contributed by atoms with Crippen LogP contribution < -0.4 is 10.6 Å². The number of nitrogens with zero attached hydrogens (tertiary/aromatic N) is 4. The number of hydrogen-bond donors (Lipinski definition) is 2. The van der Waals surface area contributed by atoms with Crippen LogP contribution in [0.5, 0.6) is 0 Å². The molecule has 1 saturated heterocycles. The second kappa shape index (κ2) is 6.54. The first-order valence-electron chi connectivity index (χ1n) is 8.06. The topological polar surface area (TPSA) is 76.8 Å². The van der Waals surface area contributed by atoms with Crippen molar-refractivity contribution in [3.63, 3.8) is 0 Å². The van der Waals surface area contributed by atoms with E-state index >= 15 is 0 Å². The van der Waals surface area contributed by atoms with Gasteiger partial charge in [0.15, 0.2) is 0 Å². The van der Waals surface area contributed by atoms with E-state index in [2.05, 4.69) is 34.7 Å². The van der Waals surface area contributed by atoms with Crippen molar-refractivity contribution in [2.24, 2.45) is 18.9 Å². The quantitative estimate of drug-likeness (QED) is 0.869. The highest BCUT2D eigenvalue weighted by Crippen LogP contribution is 2.28. The summed E-state index contributed by atoms with van der Waals surface area (Å²) in [5.41, 5.74) is 1.10. The number of carbonyl (C=O) groups excluding carboxylic acids is 1. The molecule has 2 aromatic heterocycles. The van der Waals surface area contributed by atoms with E-state index in [0.717, 1.165) is 24.5 Å². The molecule has 7 heteroatoms. The molecule has 0 unspecified atom stereocenters. The third-order valence-electron chi connectivity index (χ3n) is 4.21. The van der Waals surface area contributed by atoms with Crippen molar-refractivity contribution in [3.8, 4) is 0 Å². The van der Waals surface area contributed by atoms with E-state index in [9.17, 15) is 4.79 Å². The summed E-state index contributed by atoms with van der Waals surface area (Å²) in [6.45, 7) is 6.54. The molecule has 0 bridgehead atoms. The van der Waals surface area contributed by atoms with E-state index < -0.39 is 0 Å². The van der Waals surface area contributed by atoms with Gasteiger partial charge in [0.2, 0.25) is 5.91 Å². The van der Waals surface area contributed by atoms with Gasteiger partial charge in [0.05, 0.1) is 18.3 Å². The molecule has 1 aliphatic rings. The molecule has 0 saturated carbocycles. The van der Waals surface area contributed by atoms with Gasteiger partial charge in [0.1, 0.15) is 5.82 Å². The number of anilines is 1. The molecule has 1 amide bonds. The predicted molar refractivity (Wildman–Crippen MR) is 88.0 cm³/mol. The molecule has 2 N–H and O–H groups in total. The van der Waals surface area contributed by atoms with Crippen molar-refractivity contribution >= 4 is 11.7 Å². The molecule has 124 valence electrons. The number of carbonyl (C=O) groups is 1. The van der Waals surface area contributed by atoms with Crippen LogP contribution in [0.15, 0.2) is 24.7 Å². The van der Waals surface area contributed by atoms with Gasteiger partial charge in [-0.3, -0.25) is 9.48 Å². The van der Waals surface area contributed by atoms with E-state index in [0.29, 0.717) is 12.5 Å².